The van der Waals surface area contributed by atoms with E-state index in [0.29, 0.717) is 18.5 Å². The minimum Gasteiger partial charge on any atom is -0.327 e. The van der Waals surface area contributed by atoms with Crippen molar-refractivity contribution in [2.75, 3.05) is 26.2 Å². The molecule has 1 aliphatic carbocycles. The Kier molecular flexibility index (Phi) is 6.24. The highest BCUT2D eigenvalue weighted by Crippen LogP contribution is 2.22. The molecule has 2 N–H and O–H groups in total. The van der Waals surface area contributed by atoms with Gasteiger partial charge in [0, 0.05) is 31.4 Å². The number of allylic oxidation sites excluding steroid dienone is 2. The summed E-state index contributed by atoms with van der Waals surface area (Å²) < 4.78 is 0. The van der Waals surface area contributed by atoms with E-state index in [-0.39, 0.29) is 5.91 Å². The predicted octanol–water partition coefficient (Wildman–Crippen LogP) is 2.35. The number of nitrogens with zero attached hydrogens (tertiary/aromatic N) is 2. The van der Waals surface area contributed by atoms with E-state index in [1.54, 1.807) is 0 Å². The van der Waals surface area contributed by atoms with E-state index in [9.17, 15) is 4.79 Å². The zero-order valence-corrected chi connectivity index (χ0v) is 13.7. The lowest BCUT2D eigenvalue weighted by atomic mass is 9.91. The van der Waals surface area contributed by atoms with Crippen LogP contribution in [0.4, 0.5) is 0 Å². The van der Waals surface area contributed by atoms with Gasteiger partial charge in [0.1, 0.15) is 0 Å². The summed E-state index contributed by atoms with van der Waals surface area (Å²) in [6.45, 7) is 7.54. The molecule has 0 spiro atoms. The van der Waals surface area contributed by atoms with Gasteiger partial charge in [-0.05, 0) is 44.9 Å². The Labute approximate surface area is 129 Å². The second-order valence-electron chi connectivity index (χ2n) is 6.44. The number of rotatable bonds is 5. The Morgan fingerprint density at radius 2 is 2.24 bits per heavy atom. The van der Waals surface area contributed by atoms with Crippen molar-refractivity contribution in [3.05, 3.63) is 11.8 Å². The summed E-state index contributed by atoms with van der Waals surface area (Å²) in [6, 6.07) is 0.310. The summed E-state index contributed by atoms with van der Waals surface area (Å²) in [5.41, 5.74) is 7.40. The Balaban J connectivity index is 1.91. The summed E-state index contributed by atoms with van der Waals surface area (Å²) in [6.07, 6.45) is 9.03. The Hall–Kier alpha value is -0.870. The maximum atomic E-state index is 12.6. The predicted molar refractivity (Wildman–Crippen MR) is 86.8 cm³/mol. The molecule has 2 aliphatic rings. The van der Waals surface area contributed by atoms with Crippen LogP contribution in [0, 0.1) is 5.92 Å². The molecule has 120 valence electrons. The molecule has 21 heavy (non-hydrogen) atoms. The van der Waals surface area contributed by atoms with Crippen molar-refractivity contribution < 1.29 is 4.79 Å². The molecule has 0 aromatic rings. The monoisotopic (exact) mass is 293 g/mol. The van der Waals surface area contributed by atoms with E-state index in [4.69, 9.17) is 5.73 Å². The molecule has 1 amide bonds. The van der Waals surface area contributed by atoms with E-state index < -0.39 is 0 Å². The van der Waals surface area contributed by atoms with E-state index >= 15 is 0 Å². The maximum absolute atomic E-state index is 12.6. The Morgan fingerprint density at radius 1 is 1.43 bits per heavy atom. The van der Waals surface area contributed by atoms with Gasteiger partial charge in [0.2, 0.25) is 5.91 Å². The van der Waals surface area contributed by atoms with Crippen LogP contribution in [0.5, 0.6) is 0 Å². The van der Waals surface area contributed by atoms with Crippen LogP contribution in [-0.2, 0) is 4.79 Å². The molecular formula is C17H31N3O. The van der Waals surface area contributed by atoms with E-state index in [2.05, 4.69) is 24.8 Å². The number of amides is 1. The topological polar surface area (TPSA) is 49.6 Å². The molecular weight excluding hydrogens is 262 g/mol. The van der Waals surface area contributed by atoms with Crippen molar-refractivity contribution in [3.63, 3.8) is 0 Å². The molecule has 1 aliphatic heterocycles. The van der Waals surface area contributed by atoms with Gasteiger partial charge in [-0.2, -0.15) is 0 Å². The molecule has 0 radical (unpaired) electrons. The quantitative estimate of drug-likeness (QED) is 0.846. The second-order valence-corrected chi connectivity index (χ2v) is 6.44. The van der Waals surface area contributed by atoms with Crippen LogP contribution in [0.3, 0.4) is 0 Å². The maximum Gasteiger partial charge on any atom is 0.240 e. The van der Waals surface area contributed by atoms with Crippen molar-refractivity contribution in [2.24, 2.45) is 11.7 Å². The first-order valence-electron chi connectivity index (χ1n) is 8.63. The van der Waals surface area contributed by atoms with Crippen molar-refractivity contribution in [3.8, 4) is 0 Å². The van der Waals surface area contributed by atoms with Crippen LogP contribution in [0.2, 0.25) is 0 Å². The number of carbonyl (C=O) groups is 1. The number of hydrogen-bond acceptors (Lipinski definition) is 3. The van der Waals surface area contributed by atoms with E-state index in [0.717, 1.165) is 45.3 Å². The summed E-state index contributed by atoms with van der Waals surface area (Å²) in [5.74, 6) is 0.798. The molecule has 0 bridgehead atoms. The van der Waals surface area contributed by atoms with Gasteiger partial charge in [0.15, 0.2) is 0 Å². The normalized spacial score (nSPS) is 27.3. The largest absolute Gasteiger partial charge is 0.327 e. The number of hydrogen-bond donors (Lipinski definition) is 1. The summed E-state index contributed by atoms with van der Waals surface area (Å²) in [4.78, 5) is 16.9. The second kappa shape index (κ2) is 7.95. The fourth-order valence-corrected chi connectivity index (χ4v) is 3.58. The first-order chi connectivity index (χ1) is 10.2. The van der Waals surface area contributed by atoms with Crippen LogP contribution in [0.1, 0.15) is 52.4 Å². The van der Waals surface area contributed by atoms with Crippen LogP contribution in [-0.4, -0.2) is 47.9 Å². The SMILES string of the molecule is CCC1CN(CC(=O)N(CC)C2=CCCCC2)CCC1N. The molecule has 1 saturated heterocycles. The molecule has 2 unspecified atom stereocenters. The van der Waals surface area contributed by atoms with Gasteiger partial charge in [-0.1, -0.05) is 19.4 Å². The number of nitrogens with two attached hydrogens (primary N) is 1. The van der Waals surface area contributed by atoms with Crippen LogP contribution in [0.25, 0.3) is 0 Å². The van der Waals surface area contributed by atoms with E-state index in [1.807, 2.05) is 4.90 Å². The lowest BCUT2D eigenvalue weighted by Crippen LogP contribution is -2.50. The third-order valence-corrected chi connectivity index (χ3v) is 4.99. The molecule has 0 aromatic heterocycles. The molecule has 2 atom stereocenters. The highest BCUT2D eigenvalue weighted by atomic mass is 16.2. The van der Waals surface area contributed by atoms with Crippen molar-refractivity contribution in [2.45, 2.75) is 58.4 Å². The number of likely N-dealkylation sites (N-methyl/N-ethyl adjacent to an activating group) is 1. The van der Waals surface area contributed by atoms with Crippen molar-refractivity contribution >= 4 is 5.91 Å². The molecule has 2 rings (SSSR count). The highest BCUT2D eigenvalue weighted by Gasteiger charge is 2.28. The summed E-state index contributed by atoms with van der Waals surface area (Å²) in [7, 11) is 0. The average Bonchev–Trinajstić information content (AvgIpc) is 2.51. The van der Waals surface area contributed by atoms with Crippen molar-refractivity contribution in [1.82, 2.24) is 9.80 Å². The third-order valence-electron chi connectivity index (χ3n) is 4.99. The highest BCUT2D eigenvalue weighted by molar-refractivity contribution is 5.80. The first-order valence-corrected chi connectivity index (χ1v) is 8.63. The zero-order valence-electron chi connectivity index (χ0n) is 13.7. The lowest BCUT2D eigenvalue weighted by Gasteiger charge is -2.37. The van der Waals surface area contributed by atoms with Gasteiger partial charge in [0.25, 0.3) is 0 Å². The van der Waals surface area contributed by atoms with Crippen LogP contribution in [0.15, 0.2) is 11.8 Å². The first kappa shape index (κ1) is 16.5. The molecule has 0 saturated carbocycles. The van der Waals surface area contributed by atoms with Gasteiger partial charge >= 0.3 is 0 Å². The minimum absolute atomic E-state index is 0.260. The van der Waals surface area contributed by atoms with Gasteiger partial charge < -0.3 is 10.6 Å². The van der Waals surface area contributed by atoms with Gasteiger partial charge in [0.05, 0.1) is 6.54 Å². The third kappa shape index (κ3) is 4.30. The molecule has 1 heterocycles. The van der Waals surface area contributed by atoms with Gasteiger partial charge in [-0.15, -0.1) is 0 Å². The molecule has 4 nitrogen and oxygen atoms in total. The van der Waals surface area contributed by atoms with Gasteiger partial charge in [-0.25, -0.2) is 0 Å². The molecule has 4 heteroatoms. The fraction of sp³-hybridized carbons (Fsp3) is 0.824. The Bertz CT molecular complexity index is 380. The summed E-state index contributed by atoms with van der Waals surface area (Å²) >= 11 is 0. The van der Waals surface area contributed by atoms with E-state index in [1.165, 1.54) is 18.5 Å². The summed E-state index contributed by atoms with van der Waals surface area (Å²) in [5, 5.41) is 0. The Morgan fingerprint density at radius 3 is 2.86 bits per heavy atom. The standard InChI is InChI=1S/C17H31N3O/c1-3-14-12-19(11-10-16(14)18)13-17(21)20(4-2)15-8-6-5-7-9-15/h8,14,16H,3-7,9-13,18H2,1-2H3. The average molecular weight is 293 g/mol. The smallest absolute Gasteiger partial charge is 0.240 e. The number of likely N-dealkylation sites (tertiary alicyclic amines) is 1. The van der Waals surface area contributed by atoms with Crippen LogP contribution < -0.4 is 5.73 Å². The van der Waals surface area contributed by atoms with Gasteiger partial charge in [-0.3, -0.25) is 9.69 Å². The fourth-order valence-electron chi connectivity index (χ4n) is 3.58. The minimum atomic E-state index is 0.260. The number of piperidine rings is 1. The van der Waals surface area contributed by atoms with Crippen molar-refractivity contribution in [1.29, 1.82) is 0 Å². The zero-order chi connectivity index (χ0) is 15.2. The number of carbonyl (C=O) groups excluding carboxylic acids is 1. The lowest BCUT2D eigenvalue weighted by molar-refractivity contribution is -0.131. The molecule has 1 fully saturated rings. The molecule has 0 aromatic carbocycles. The van der Waals surface area contributed by atoms with Crippen LogP contribution >= 0.6 is 0 Å².